The smallest absolute Gasteiger partial charge is 0.340 e. The van der Waals surface area contributed by atoms with Crippen molar-refractivity contribution in [1.29, 1.82) is 0 Å². The van der Waals surface area contributed by atoms with Gasteiger partial charge in [0.05, 0.1) is 10.6 Å². The number of ether oxygens (including phenoxy) is 1. The lowest BCUT2D eigenvalue weighted by atomic mass is 10.2. The lowest BCUT2D eigenvalue weighted by Gasteiger charge is -2.09. The van der Waals surface area contributed by atoms with E-state index < -0.39 is 35.7 Å². The van der Waals surface area contributed by atoms with Gasteiger partial charge in [-0.1, -0.05) is 17.7 Å². The van der Waals surface area contributed by atoms with Crippen LogP contribution in [0.4, 0.5) is 14.5 Å². The van der Waals surface area contributed by atoms with Gasteiger partial charge < -0.3 is 15.4 Å². The standard InChI is InChI=1S/C17H13ClF2N2O4/c1-21-16(24)9-3-2-4-10(5-9)22-15(23)8-26-17(25)11-6-13(19)14(20)7-12(11)18/h2-7H,8H2,1H3,(H,21,24)(H,22,23). The van der Waals surface area contributed by atoms with Crippen LogP contribution in [0, 0.1) is 11.6 Å². The number of nitrogens with one attached hydrogen (secondary N) is 2. The Kier molecular flexibility index (Phi) is 6.24. The lowest BCUT2D eigenvalue weighted by molar-refractivity contribution is -0.119. The summed E-state index contributed by atoms with van der Waals surface area (Å²) in [5.41, 5.74) is 0.244. The van der Waals surface area contributed by atoms with E-state index >= 15 is 0 Å². The highest BCUT2D eigenvalue weighted by molar-refractivity contribution is 6.33. The van der Waals surface area contributed by atoms with Gasteiger partial charge in [-0.15, -0.1) is 0 Å². The van der Waals surface area contributed by atoms with Crippen LogP contribution in [0.3, 0.4) is 0 Å². The van der Waals surface area contributed by atoms with E-state index in [1.807, 2.05) is 0 Å². The Morgan fingerprint density at radius 1 is 1.12 bits per heavy atom. The van der Waals surface area contributed by atoms with Crippen LogP contribution in [0.5, 0.6) is 0 Å². The van der Waals surface area contributed by atoms with Gasteiger partial charge in [-0.3, -0.25) is 9.59 Å². The van der Waals surface area contributed by atoms with Crippen LogP contribution in [0.2, 0.25) is 5.02 Å². The molecule has 0 aromatic heterocycles. The largest absolute Gasteiger partial charge is 0.452 e. The molecule has 0 saturated carbocycles. The van der Waals surface area contributed by atoms with E-state index in [0.29, 0.717) is 23.4 Å². The van der Waals surface area contributed by atoms with Crippen LogP contribution >= 0.6 is 11.6 Å². The monoisotopic (exact) mass is 382 g/mol. The average Bonchev–Trinajstić information content (AvgIpc) is 2.62. The number of carbonyl (C=O) groups is 3. The highest BCUT2D eigenvalue weighted by Crippen LogP contribution is 2.21. The Hall–Kier alpha value is -3.00. The Balaban J connectivity index is 1.98. The fourth-order valence-electron chi connectivity index (χ4n) is 1.97. The molecule has 26 heavy (non-hydrogen) atoms. The van der Waals surface area contributed by atoms with Crippen molar-refractivity contribution in [2.45, 2.75) is 0 Å². The van der Waals surface area contributed by atoms with Crippen molar-refractivity contribution in [1.82, 2.24) is 5.32 Å². The molecule has 0 radical (unpaired) electrons. The summed E-state index contributed by atoms with van der Waals surface area (Å²) >= 11 is 5.66. The second kappa shape index (κ2) is 8.39. The maximum absolute atomic E-state index is 13.2. The molecule has 2 aromatic carbocycles. The number of rotatable bonds is 5. The summed E-state index contributed by atoms with van der Waals surface area (Å²) in [7, 11) is 1.47. The van der Waals surface area contributed by atoms with E-state index in [0.717, 1.165) is 0 Å². The minimum Gasteiger partial charge on any atom is -0.452 e. The summed E-state index contributed by atoms with van der Waals surface area (Å²) in [6.07, 6.45) is 0. The Labute approximate surface area is 152 Å². The van der Waals surface area contributed by atoms with E-state index in [2.05, 4.69) is 10.6 Å². The van der Waals surface area contributed by atoms with Crippen molar-refractivity contribution in [2.75, 3.05) is 19.0 Å². The molecule has 0 spiro atoms. The molecule has 0 aliphatic carbocycles. The van der Waals surface area contributed by atoms with Crippen molar-refractivity contribution in [3.05, 3.63) is 64.2 Å². The van der Waals surface area contributed by atoms with E-state index in [9.17, 15) is 23.2 Å². The Morgan fingerprint density at radius 3 is 2.50 bits per heavy atom. The molecule has 136 valence electrons. The van der Waals surface area contributed by atoms with Gasteiger partial charge in [-0.05, 0) is 30.3 Å². The number of anilines is 1. The first-order valence-corrected chi connectivity index (χ1v) is 7.63. The van der Waals surface area contributed by atoms with E-state index in [4.69, 9.17) is 16.3 Å². The molecular formula is C17H13ClF2N2O4. The summed E-state index contributed by atoms with van der Waals surface area (Å²) in [5, 5.41) is 4.54. The van der Waals surface area contributed by atoms with E-state index in [1.54, 1.807) is 18.2 Å². The molecule has 9 heteroatoms. The van der Waals surface area contributed by atoms with E-state index in [1.165, 1.54) is 13.1 Å². The van der Waals surface area contributed by atoms with Gasteiger partial charge in [0.2, 0.25) is 0 Å². The Morgan fingerprint density at radius 2 is 1.81 bits per heavy atom. The second-order valence-corrected chi connectivity index (χ2v) is 5.44. The molecule has 6 nitrogen and oxygen atoms in total. The molecule has 0 aliphatic rings. The molecule has 0 atom stereocenters. The Bertz CT molecular complexity index is 874. The third-order valence-corrected chi connectivity index (χ3v) is 3.51. The third-order valence-electron chi connectivity index (χ3n) is 3.20. The number of carbonyl (C=O) groups excluding carboxylic acids is 3. The maximum Gasteiger partial charge on any atom is 0.340 e. The van der Waals surface area contributed by atoms with Gasteiger partial charge in [0.25, 0.3) is 11.8 Å². The molecule has 0 heterocycles. The van der Waals surface area contributed by atoms with Gasteiger partial charge in [0, 0.05) is 18.3 Å². The van der Waals surface area contributed by atoms with Crippen LogP contribution in [0.1, 0.15) is 20.7 Å². The van der Waals surface area contributed by atoms with Crippen LogP contribution in [-0.4, -0.2) is 31.4 Å². The summed E-state index contributed by atoms with van der Waals surface area (Å²) in [6, 6.07) is 7.32. The number of benzene rings is 2. The predicted molar refractivity (Wildman–Crippen MR) is 90.1 cm³/mol. The summed E-state index contributed by atoms with van der Waals surface area (Å²) in [4.78, 5) is 35.2. The first-order chi connectivity index (χ1) is 12.3. The highest BCUT2D eigenvalue weighted by Gasteiger charge is 2.17. The molecule has 2 amide bonds. The van der Waals surface area contributed by atoms with Gasteiger partial charge in [0.15, 0.2) is 18.2 Å². The maximum atomic E-state index is 13.2. The van der Waals surface area contributed by atoms with Crippen molar-refractivity contribution in [2.24, 2.45) is 0 Å². The van der Waals surface area contributed by atoms with Gasteiger partial charge in [-0.2, -0.15) is 0 Å². The fourth-order valence-corrected chi connectivity index (χ4v) is 2.19. The van der Waals surface area contributed by atoms with Crippen LogP contribution in [-0.2, 0) is 9.53 Å². The van der Waals surface area contributed by atoms with Gasteiger partial charge in [0.1, 0.15) is 0 Å². The van der Waals surface area contributed by atoms with Gasteiger partial charge in [-0.25, -0.2) is 13.6 Å². The average molecular weight is 383 g/mol. The third kappa shape index (κ3) is 4.76. The highest BCUT2D eigenvalue weighted by atomic mass is 35.5. The predicted octanol–water partition coefficient (Wildman–Crippen LogP) is 2.77. The summed E-state index contributed by atoms with van der Waals surface area (Å²) in [6.45, 7) is -0.682. The molecule has 2 aromatic rings. The number of amides is 2. The summed E-state index contributed by atoms with van der Waals surface area (Å²) in [5.74, 6) is -4.58. The molecule has 0 aliphatic heterocycles. The number of hydrogen-bond acceptors (Lipinski definition) is 4. The molecule has 2 rings (SSSR count). The zero-order valence-corrected chi connectivity index (χ0v) is 14.2. The van der Waals surface area contributed by atoms with Crippen molar-refractivity contribution in [3.63, 3.8) is 0 Å². The normalized spacial score (nSPS) is 10.2. The number of halogens is 3. The quantitative estimate of drug-likeness (QED) is 0.615. The number of hydrogen-bond donors (Lipinski definition) is 2. The van der Waals surface area contributed by atoms with Crippen LogP contribution in [0.15, 0.2) is 36.4 Å². The topological polar surface area (TPSA) is 84.5 Å². The minimum absolute atomic E-state index is 0.318. The van der Waals surface area contributed by atoms with E-state index in [-0.39, 0.29) is 10.9 Å². The van der Waals surface area contributed by atoms with Crippen molar-refractivity contribution < 1.29 is 27.9 Å². The minimum atomic E-state index is -1.27. The van der Waals surface area contributed by atoms with Crippen LogP contribution < -0.4 is 10.6 Å². The van der Waals surface area contributed by atoms with Crippen molar-refractivity contribution >= 4 is 35.1 Å². The second-order valence-electron chi connectivity index (χ2n) is 5.03. The fraction of sp³-hybridized carbons (Fsp3) is 0.118. The zero-order chi connectivity index (χ0) is 19.3. The molecule has 2 N–H and O–H groups in total. The first kappa shape index (κ1) is 19.3. The number of esters is 1. The molecule has 0 saturated heterocycles. The van der Waals surface area contributed by atoms with Crippen molar-refractivity contribution in [3.8, 4) is 0 Å². The molecule has 0 unspecified atom stereocenters. The first-order valence-electron chi connectivity index (χ1n) is 7.25. The lowest BCUT2D eigenvalue weighted by Crippen LogP contribution is -2.22. The molecular weight excluding hydrogens is 370 g/mol. The molecule has 0 bridgehead atoms. The van der Waals surface area contributed by atoms with Gasteiger partial charge >= 0.3 is 5.97 Å². The SMILES string of the molecule is CNC(=O)c1cccc(NC(=O)COC(=O)c2cc(F)c(F)cc2Cl)c1. The zero-order valence-electron chi connectivity index (χ0n) is 13.4. The summed E-state index contributed by atoms with van der Waals surface area (Å²) < 4.78 is 30.9. The molecule has 0 fully saturated rings. The van der Waals surface area contributed by atoms with Crippen LogP contribution in [0.25, 0.3) is 0 Å².